The predicted octanol–water partition coefficient (Wildman–Crippen LogP) is 1.49. The van der Waals surface area contributed by atoms with Gasteiger partial charge in [0, 0.05) is 18.7 Å². The number of rotatable bonds is 2. The predicted molar refractivity (Wildman–Crippen MR) is 84.1 cm³/mol. The van der Waals surface area contributed by atoms with Crippen molar-refractivity contribution in [1.82, 2.24) is 24.4 Å². The summed E-state index contributed by atoms with van der Waals surface area (Å²) in [6.45, 7) is 0.696. The minimum Gasteiger partial charge on any atom is -0.336 e. The Hall–Kier alpha value is -3.10. The Morgan fingerprint density at radius 3 is 2.92 bits per heavy atom. The molecule has 1 fully saturated rings. The average molecular weight is 345 g/mol. The molecule has 3 heterocycles. The Morgan fingerprint density at radius 1 is 1.28 bits per heavy atom. The molecule has 1 amide bonds. The van der Waals surface area contributed by atoms with Crippen molar-refractivity contribution in [2.24, 2.45) is 0 Å². The molecule has 3 aromatic rings. The average Bonchev–Trinajstić information content (AvgIpc) is 3.20. The molecule has 1 atom stereocenters. The number of fused-ring (bicyclic) bond motifs is 1. The second kappa shape index (κ2) is 5.76. The highest BCUT2D eigenvalue weighted by atomic mass is 19.2. The van der Waals surface area contributed by atoms with Gasteiger partial charge in [0.25, 0.3) is 5.91 Å². The van der Waals surface area contributed by atoms with Gasteiger partial charge in [0.05, 0.1) is 12.2 Å². The summed E-state index contributed by atoms with van der Waals surface area (Å²) < 4.78 is 27.9. The first-order chi connectivity index (χ1) is 12.0. The Bertz CT molecular complexity index is 1030. The third-order valence-electron chi connectivity index (χ3n) is 4.36. The molecule has 1 aliphatic rings. The van der Waals surface area contributed by atoms with Crippen LogP contribution in [0.4, 0.5) is 8.78 Å². The standard InChI is InChI=1S/C16H13F2N5O2/c17-11-2-1-9(5-12(11)18)15(24)22-4-3-10(7-22)23-14-13(21-16(23)25)6-19-8-20-14/h1-2,5-6,8,10H,3-4,7H2,(H,21,25). The van der Waals surface area contributed by atoms with Crippen molar-refractivity contribution >= 4 is 17.1 Å². The van der Waals surface area contributed by atoms with E-state index in [1.165, 1.54) is 28.1 Å². The van der Waals surface area contributed by atoms with Gasteiger partial charge in [-0.2, -0.15) is 0 Å². The molecule has 1 aliphatic heterocycles. The van der Waals surface area contributed by atoms with E-state index in [4.69, 9.17) is 0 Å². The molecule has 0 radical (unpaired) electrons. The van der Waals surface area contributed by atoms with Crippen molar-refractivity contribution in [2.75, 3.05) is 13.1 Å². The summed E-state index contributed by atoms with van der Waals surface area (Å²) in [5.41, 5.74) is 0.765. The lowest BCUT2D eigenvalue weighted by Crippen LogP contribution is -2.31. The molecule has 9 heteroatoms. The van der Waals surface area contributed by atoms with Crippen LogP contribution in [-0.2, 0) is 0 Å². The van der Waals surface area contributed by atoms with Gasteiger partial charge >= 0.3 is 5.69 Å². The van der Waals surface area contributed by atoms with Crippen LogP contribution >= 0.6 is 0 Å². The Labute approximate surface area is 139 Å². The Kier molecular flexibility index (Phi) is 3.56. The van der Waals surface area contributed by atoms with Crippen LogP contribution in [0.25, 0.3) is 11.2 Å². The number of carbonyl (C=O) groups is 1. The fraction of sp³-hybridized carbons (Fsp3) is 0.250. The maximum atomic E-state index is 13.3. The van der Waals surface area contributed by atoms with E-state index in [0.29, 0.717) is 24.1 Å². The molecular weight excluding hydrogens is 332 g/mol. The summed E-state index contributed by atoms with van der Waals surface area (Å²) in [6.07, 6.45) is 3.43. The van der Waals surface area contributed by atoms with Crippen molar-refractivity contribution in [2.45, 2.75) is 12.5 Å². The van der Waals surface area contributed by atoms with E-state index in [1.807, 2.05) is 0 Å². The molecule has 25 heavy (non-hydrogen) atoms. The lowest BCUT2D eigenvalue weighted by atomic mass is 10.2. The summed E-state index contributed by atoms with van der Waals surface area (Å²) in [4.78, 5) is 36.9. The van der Waals surface area contributed by atoms with E-state index in [2.05, 4.69) is 15.0 Å². The Morgan fingerprint density at radius 2 is 2.12 bits per heavy atom. The van der Waals surface area contributed by atoms with Crippen LogP contribution in [0.5, 0.6) is 0 Å². The van der Waals surface area contributed by atoms with Crippen LogP contribution < -0.4 is 5.69 Å². The summed E-state index contributed by atoms with van der Waals surface area (Å²) in [7, 11) is 0. The number of halogens is 2. The van der Waals surface area contributed by atoms with Crippen molar-refractivity contribution < 1.29 is 13.6 Å². The van der Waals surface area contributed by atoms with Gasteiger partial charge in [-0.3, -0.25) is 9.36 Å². The minimum absolute atomic E-state index is 0.0770. The van der Waals surface area contributed by atoms with E-state index in [0.717, 1.165) is 12.1 Å². The van der Waals surface area contributed by atoms with Gasteiger partial charge in [-0.15, -0.1) is 0 Å². The lowest BCUT2D eigenvalue weighted by Gasteiger charge is -2.17. The van der Waals surface area contributed by atoms with Gasteiger partial charge in [-0.05, 0) is 24.6 Å². The molecule has 0 spiro atoms. The SMILES string of the molecule is O=C(c1ccc(F)c(F)c1)N1CCC(n2c(=O)[nH]c3cncnc32)C1. The normalized spacial score (nSPS) is 17.4. The quantitative estimate of drug-likeness (QED) is 0.763. The van der Waals surface area contributed by atoms with Crippen LogP contribution in [0.2, 0.25) is 0 Å². The number of aromatic amines is 1. The van der Waals surface area contributed by atoms with E-state index < -0.39 is 17.5 Å². The maximum Gasteiger partial charge on any atom is 0.328 e. The van der Waals surface area contributed by atoms with Crippen LogP contribution in [0.1, 0.15) is 22.8 Å². The van der Waals surface area contributed by atoms with E-state index in [1.54, 1.807) is 0 Å². The molecule has 0 bridgehead atoms. The van der Waals surface area contributed by atoms with Crippen molar-refractivity contribution in [1.29, 1.82) is 0 Å². The van der Waals surface area contributed by atoms with Gasteiger partial charge in [-0.25, -0.2) is 23.5 Å². The molecule has 1 unspecified atom stereocenters. The number of nitrogens with one attached hydrogen (secondary N) is 1. The lowest BCUT2D eigenvalue weighted by molar-refractivity contribution is 0.0787. The number of hydrogen-bond acceptors (Lipinski definition) is 4. The number of benzene rings is 1. The second-order valence-electron chi connectivity index (χ2n) is 5.88. The molecule has 1 N–H and O–H groups in total. The van der Waals surface area contributed by atoms with Crippen molar-refractivity contribution in [3.05, 3.63) is 58.4 Å². The monoisotopic (exact) mass is 345 g/mol. The smallest absolute Gasteiger partial charge is 0.328 e. The van der Waals surface area contributed by atoms with E-state index in [-0.39, 0.29) is 23.8 Å². The Balaban J connectivity index is 1.60. The molecule has 0 aliphatic carbocycles. The zero-order valence-electron chi connectivity index (χ0n) is 12.9. The third-order valence-corrected chi connectivity index (χ3v) is 4.36. The molecule has 128 valence electrons. The van der Waals surface area contributed by atoms with Crippen molar-refractivity contribution in [3.8, 4) is 0 Å². The third kappa shape index (κ3) is 2.57. The highest BCUT2D eigenvalue weighted by Gasteiger charge is 2.30. The summed E-state index contributed by atoms with van der Waals surface area (Å²) >= 11 is 0. The molecule has 1 aromatic carbocycles. The van der Waals surface area contributed by atoms with Crippen LogP contribution in [0.3, 0.4) is 0 Å². The highest BCUT2D eigenvalue weighted by Crippen LogP contribution is 2.24. The summed E-state index contributed by atoms with van der Waals surface area (Å²) in [6, 6.07) is 2.82. The van der Waals surface area contributed by atoms with Gasteiger partial charge in [0.15, 0.2) is 17.3 Å². The van der Waals surface area contributed by atoms with E-state index >= 15 is 0 Å². The van der Waals surface area contributed by atoms with Gasteiger partial charge in [0.2, 0.25) is 0 Å². The zero-order valence-corrected chi connectivity index (χ0v) is 12.9. The first-order valence-electron chi connectivity index (χ1n) is 7.69. The summed E-state index contributed by atoms with van der Waals surface area (Å²) in [5.74, 6) is -2.46. The number of aromatic nitrogens is 4. The number of carbonyl (C=O) groups excluding carboxylic acids is 1. The molecule has 7 nitrogen and oxygen atoms in total. The number of amides is 1. The van der Waals surface area contributed by atoms with Gasteiger partial charge < -0.3 is 9.88 Å². The zero-order chi connectivity index (χ0) is 17.6. The number of nitrogens with zero attached hydrogens (tertiary/aromatic N) is 4. The molecule has 0 saturated carbocycles. The highest BCUT2D eigenvalue weighted by molar-refractivity contribution is 5.94. The second-order valence-corrected chi connectivity index (χ2v) is 5.88. The van der Waals surface area contributed by atoms with Gasteiger partial charge in [0.1, 0.15) is 11.8 Å². The molecule has 1 saturated heterocycles. The molecule has 4 rings (SSSR count). The number of likely N-dealkylation sites (tertiary alicyclic amines) is 1. The van der Waals surface area contributed by atoms with Crippen LogP contribution in [-0.4, -0.2) is 43.4 Å². The topological polar surface area (TPSA) is 83.9 Å². The van der Waals surface area contributed by atoms with Crippen molar-refractivity contribution in [3.63, 3.8) is 0 Å². The number of imidazole rings is 1. The number of hydrogen-bond donors (Lipinski definition) is 1. The largest absolute Gasteiger partial charge is 0.336 e. The van der Waals surface area contributed by atoms with Crippen LogP contribution in [0.15, 0.2) is 35.5 Å². The minimum atomic E-state index is -1.06. The van der Waals surface area contributed by atoms with Crippen LogP contribution in [0, 0.1) is 11.6 Å². The summed E-state index contributed by atoms with van der Waals surface area (Å²) in [5, 5.41) is 0. The maximum absolute atomic E-state index is 13.3. The van der Waals surface area contributed by atoms with Gasteiger partial charge in [-0.1, -0.05) is 0 Å². The van der Waals surface area contributed by atoms with E-state index in [9.17, 15) is 18.4 Å². The molecule has 2 aromatic heterocycles. The first-order valence-corrected chi connectivity index (χ1v) is 7.69. The molecular formula is C16H13F2N5O2. The number of H-pyrrole nitrogens is 1. The fourth-order valence-electron chi connectivity index (χ4n) is 3.16. The first kappa shape index (κ1) is 15.4. The fourth-order valence-corrected chi connectivity index (χ4v) is 3.16.